The summed E-state index contributed by atoms with van der Waals surface area (Å²) in [7, 11) is -1.02. The second kappa shape index (κ2) is 12.6. The fourth-order valence-corrected chi connectivity index (χ4v) is 5.46. The van der Waals surface area contributed by atoms with E-state index in [0.29, 0.717) is 5.75 Å². The van der Waals surface area contributed by atoms with Crippen LogP contribution in [0.25, 0.3) is 0 Å². The molecule has 1 saturated carbocycles. The molecule has 0 aliphatic heterocycles. The van der Waals surface area contributed by atoms with Gasteiger partial charge in [0.15, 0.2) is 0 Å². The Bertz CT molecular complexity index is 1200. The molecule has 1 fully saturated rings. The fourth-order valence-electron chi connectivity index (χ4n) is 4.35. The molecule has 2 aromatic rings. The first kappa shape index (κ1) is 28.8. The van der Waals surface area contributed by atoms with Crippen molar-refractivity contribution in [1.82, 2.24) is 10.2 Å². The zero-order valence-electron chi connectivity index (χ0n) is 21.6. The van der Waals surface area contributed by atoms with Crippen LogP contribution in [-0.2, 0) is 26.2 Å². The second-order valence-electron chi connectivity index (χ2n) is 9.12. The number of hydrogen-bond donors (Lipinski definition) is 1. The first-order valence-electron chi connectivity index (χ1n) is 12.1. The molecule has 1 atom stereocenters. The molecule has 0 spiro atoms. The van der Waals surface area contributed by atoms with Crippen LogP contribution in [0, 0.1) is 0 Å². The summed E-state index contributed by atoms with van der Waals surface area (Å²) in [5.41, 5.74) is 0.978. The van der Waals surface area contributed by atoms with Gasteiger partial charge in [-0.2, -0.15) is 0 Å². The minimum absolute atomic E-state index is 0.0909. The molecule has 0 heterocycles. The second-order valence-corrected chi connectivity index (χ2v) is 11.9. The summed E-state index contributed by atoms with van der Waals surface area (Å²) >= 11 is 3.41. The van der Waals surface area contributed by atoms with Crippen LogP contribution in [0.15, 0.2) is 46.9 Å². The van der Waals surface area contributed by atoms with Crippen LogP contribution in [-0.4, -0.2) is 64.2 Å². The van der Waals surface area contributed by atoms with Crippen molar-refractivity contribution in [2.24, 2.45) is 0 Å². The van der Waals surface area contributed by atoms with Crippen molar-refractivity contribution in [3.8, 4) is 11.5 Å². The highest BCUT2D eigenvalue weighted by atomic mass is 79.9. The molecule has 0 saturated heterocycles. The number of ether oxygens (including phenoxy) is 2. The molecule has 0 radical (unpaired) electrons. The zero-order valence-corrected chi connectivity index (χ0v) is 24.0. The number of sulfonamides is 1. The molecule has 1 aliphatic carbocycles. The van der Waals surface area contributed by atoms with E-state index in [-0.39, 0.29) is 29.9 Å². The Morgan fingerprint density at radius 2 is 1.73 bits per heavy atom. The predicted molar refractivity (Wildman–Crippen MR) is 146 cm³/mol. The Hall–Kier alpha value is -2.79. The average molecular weight is 597 g/mol. The molecule has 0 aromatic heterocycles. The lowest BCUT2D eigenvalue weighted by molar-refractivity contribution is -0.139. The lowest BCUT2D eigenvalue weighted by Gasteiger charge is -2.32. The van der Waals surface area contributed by atoms with Gasteiger partial charge in [0.2, 0.25) is 21.8 Å². The third kappa shape index (κ3) is 7.61. The predicted octanol–water partition coefficient (Wildman–Crippen LogP) is 3.71. The highest BCUT2D eigenvalue weighted by Gasteiger charge is 2.32. The van der Waals surface area contributed by atoms with Crippen LogP contribution >= 0.6 is 15.9 Å². The number of hydrogen-bond acceptors (Lipinski definition) is 6. The van der Waals surface area contributed by atoms with Gasteiger partial charge < -0.3 is 19.7 Å². The molecular weight excluding hydrogens is 562 g/mol. The van der Waals surface area contributed by atoms with Crippen LogP contribution in [0.3, 0.4) is 0 Å². The van der Waals surface area contributed by atoms with E-state index in [1.165, 1.54) is 25.2 Å². The Morgan fingerprint density at radius 1 is 1.08 bits per heavy atom. The zero-order chi connectivity index (χ0) is 27.2. The molecule has 1 aliphatic rings. The maximum Gasteiger partial charge on any atom is 0.244 e. The van der Waals surface area contributed by atoms with Gasteiger partial charge in [-0.05, 0) is 49.6 Å². The number of nitrogens with zero attached hydrogens (tertiary/aromatic N) is 2. The van der Waals surface area contributed by atoms with Crippen molar-refractivity contribution in [2.45, 2.75) is 51.2 Å². The number of methoxy groups -OCH3 is 2. The number of anilines is 1. The highest BCUT2D eigenvalue weighted by Crippen LogP contribution is 2.34. The van der Waals surface area contributed by atoms with Crippen LogP contribution < -0.4 is 19.1 Å². The smallest absolute Gasteiger partial charge is 0.244 e. The van der Waals surface area contributed by atoms with E-state index in [1.54, 1.807) is 19.1 Å². The van der Waals surface area contributed by atoms with Gasteiger partial charge in [0, 0.05) is 23.1 Å². The Balaban J connectivity index is 1.93. The number of halogens is 1. The maximum atomic E-state index is 13.7. The normalized spacial score (nSPS) is 14.6. The quantitative estimate of drug-likeness (QED) is 0.424. The summed E-state index contributed by atoms with van der Waals surface area (Å²) in [6.45, 7) is 1.29. The molecule has 0 bridgehead atoms. The van der Waals surface area contributed by atoms with Crippen molar-refractivity contribution in [3.05, 3.63) is 52.5 Å². The third-order valence-electron chi connectivity index (χ3n) is 6.47. The molecular formula is C26H34BrN3O6S. The van der Waals surface area contributed by atoms with Crippen molar-refractivity contribution < 1.29 is 27.5 Å². The van der Waals surface area contributed by atoms with Crippen LogP contribution in [0.5, 0.6) is 11.5 Å². The molecule has 2 aromatic carbocycles. The molecule has 37 heavy (non-hydrogen) atoms. The standard InChI is InChI=1S/C26H34BrN3O6S/c1-18(26(32)28-21-7-5-6-8-21)29(16-19-9-11-20(27)12-10-19)25(31)17-30(37(4,33)34)23-15-22(35-2)13-14-24(23)36-3/h9-15,18,21H,5-8,16-17H2,1-4H3,(H,28,32). The summed E-state index contributed by atoms with van der Waals surface area (Å²) in [4.78, 5) is 28.3. The molecule has 11 heteroatoms. The highest BCUT2D eigenvalue weighted by molar-refractivity contribution is 9.10. The van der Waals surface area contributed by atoms with Gasteiger partial charge in [-0.3, -0.25) is 13.9 Å². The molecule has 9 nitrogen and oxygen atoms in total. The summed E-state index contributed by atoms with van der Waals surface area (Å²) in [5.74, 6) is -0.104. The first-order chi connectivity index (χ1) is 17.5. The van der Waals surface area contributed by atoms with E-state index >= 15 is 0 Å². The van der Waals surface area contributed by atoms with E-state index in [0.717, 1.165) is 46.3 Å². The molecule has 1 unspecified atom stereocenters. The SMILES string of the molecule is COc1ccc(OC)c(N(CC(=O)N(Cc2ccc(Br)cc2)C(C)C(=O)NC2CCCC2)S(C)(=O)=O)c1. The summed E-state index contributed by atoms with van der Waals surface area (Å²) in [6.07, 6.45) is 4.97. The van der Waals surface area contributed by atoms with Gasteiger partial charge in [0.1, 0.15) is 24.1 Å². The van der Waals surface area contributed by atoms with E-state index in [1.807, 2.05) is 24.3 Å². The van der Waals surface area contributed by atoms with Crippen LogP contribution in [0.2, 0.25) is 0 Å². The van der Waals surface area contributed by atoms with Gasteiger partial charge in [-0.1, -0.05) is 40.9 Å². The van der Waals surface area contributed by atoms with Crippen molar-refractivity contribution >= 4 is 43.5 Å². The lowest BCUT2D eigenvalue weighted by Crippen LogP contribution is -2.52. The topological polar surface area (TPSA) is 105 Å². The number of amides is 2. The minimum atomic E-state index is -3.90. The van der Waals surface area contributed by atoms with Gasteiger partial charge >= 0.3 is 0 Å². The van der Waals surface area contributed by atoms with Gasteiger partial charge in [0.05, 0.1) is 26.2 Å². The fraction of sp³-hybridized carbons (Fsp3) is 0.462. The Morgan fingerprint density at radius 3 is 2.30 bits per heavy atom. The van der Waals surface area contributed by atoms with Crippen LogP contribution in [0.1, 0.15) is 38.2 Å². The third-order valence-corrected chi connectivity index (χ3v) is 8.12. The molecule has 202 valence electrons. The van der Waals surface area contributed by atoms with E-state index < -0.39 is 28.5 Å². The molecule has 1 N–H and O–H groups in total. The van der Waals surface area contributed by atoms with Crippen molar-refractivity contribution in [1.29, 1.82) is 0 Å². The maximum absolute atomic E-state index is 13.7. The number of rotatable bonds is 11. The number of carbonyl (C=O) groups is 2. The van der Waals surface area contributed by atoms with Gasteiger partial charge in [-0.25, -0.2) is 8.42 Å². The summed E-state index contributed by atoms with van der Waals surface area (Å²) in [5, 5.41) is 3.05. The van der Waals surface area contributed by atoms with Crippen molar-refractivity contribution in [3.63, 3.8) is 0 Å². The van der Waals surface area contributed by atoms with Crippen molar-refractivity contribution in [2.75, 3.05) is 31.3 Å². The van der Waals surface area contributed by atoms with Crippen LogP contribution in [0.4, 0.5) is 5.69 Å². The largest absolute Gasteiger partial charge is 0.497 e. The number of nitrogens with one attached hydrogen (secondary N) is 1. The minimum Gasteiger partial charge on any atom is -0.497 e. The number of benzene rings is 2. The first-order valence-corrected chi connectivity index (χ1v) is 14.7. The monoisotopic (exact) mass is 595 g/mol. The number of carbonyl (C=O) groups excluding carboxylic acids is 2. The summed E-state index contributed by atoms with van der Waals surface area (Å²) < 4.78 is 38.2. The van der Waals surface area contributed by atoms with E-state index in [4.69, 9.17) is 9.47 Å². The lowest BCUT2D eigenvalue weighted by atomic mass is 10.1. The Labute approximate surface area is 227 Å². The Kier molecular flexibility index (Phi) is 9.83. The molecule has 3 rings (SSSR count). The summed E-state index contributed by atoms with van der Waals surface area (Å²) in [6, 6.07) is 11.4. The van der Waals surface area contributed by atoms with E-state index in [2.05, 4.69) is 21.2 Å². The van der Waals surface area contributed by atoms with E-state index in [9.17, 15) is 18.0 Å². The van der Waals surface area contributed by atoms with Gasteiger partial charge in [-0.15, -0.1) is 0 Å². The average Bonchev–Trinajstić information content (AvgIpc) is 3.38. The van der Waals surface area contributed by atoms with Gasteiger partial charge in [0.25, 0.3) is 0 Å². The molecule has 2 amide bonds.